The molecule has 0 radical (unpaired) electrons. The SMILES string of the molecule is CC[C@H](C)c1ccccc1NC(=O)[C@H](C)SC. The summed E-state index contributed by atoms with van der Waals surface area (Å²) in [6, 6.07) is 8.06. The van der Waals surface area contributed by atoms with Crippen LogP contribution in [0.15, 0.2) is 24.3 Å². The highest BCUT2D eigenvalue weighted by Gasteiger charge is 2.14. The Morgan fingerprint density at radius 2 is 2.00 bits per heavy atom. The van der Waals surface area contributed by atoms with E-state index in [4.69, 9.17) is 0 Å². The number of hydrogen-bond donors (Lipinski definition) is 1. The first kappa shape index (κ1) is 14.1. The molecule has 0 aromatic heterocycles. The quantitative estimate of drug-likeness (QED) is 0.860. The minimum atomic E-state index is -0.0139. The van der Waals surface area contributed by atoms with Crippen LogP contribution in [-0.4, -0.2) is 17.4 Å². The van der Waals surface area contributed by atoms with Gasteiger partial charge in [0.25, 0.3) is 0 Å². The van der Waals surface area contributed by atoms with E-state index in [0.717, 1.165) is 12.1 Å². The van der Waals surface area contributed by atoms with Gasteiger partial charge in [-0.3, -0.25) is 4.79 Å². The van der Waals surface area contributed by atoms with Crippen molar-refractivity contribution in [2.45, 2.75) is 38.4 Å². The Kier molecular flexibility index (Phi) is 5.56. The second kappa shape index (κ2) is 6.70. The minimum absolute atomic E-state index is 0.0139. The largest absolute Gasteiger partial charge is 0.325 e. The highest BCUT2D eigenvalue weighted by Crippen LogP contribution is 2.26. The molecule has 1 aromatic rings. The Labute approximate surface area is 108 Å². The normalized spacial score (nSPS) is 14.1. The molecule has 94 valence electrons. The van der Waals surface area contributed by atoms with Gasteiger partial charge in [0.15, 0.2) is 0 Å². The van der Waals surface area contributed by atoms with Crippen LogP contribution in [0.1, 0.15) is 38.7 Å². The number of anilines is 1. The zero-order chi connectivity index (χ0) is 12.8. The molecule has 1 aromatic carbocycles. The zero-order valence-electron chi connectivity index (χ0n) is 11.0. The van der Waals surface area contributed by atoms with Crippen molar-refractivity contribution in [2.75, 3.05) is 11.6 Å². The summed E-state index contributed by atoms with van der Waals surface area (Å²) in [6.45, 7) is 6.27. The number of carbonyl (C=O) groups is 1. The summed E-state index contributed by atoms with van der Waals surface area (Å²) in [6.07, 6.45) is 3.02. The van der Waals surface area contributed by atoms with E-state index in [1.165, 1.54) is 5.56 Å². The molecule has 0 fully saturated rings. The van der Waals surface area contributed by atoms with Crippen LogP contribution in [0.25, 0.3) is 0 Å². The van der Waals surface area contributed by atoms with Gasteiger partial charge in [-0.15, -0.1) is 0 Å². The van der Waals surface area contributed by atoms with Crippen LogP contribution in [0.5, 0.6) is 0 Å². The third kappa shape index (κ3) is 3.77. The molecule has 0 heterocycles. The van der Waals surface area contributed by atoms with E-state index in [-0.39, 0.29) is 11.2 Å². The number of hydrogen-bond acceptors (Lipinski definition) is 2. The van der Waals surface area contributed by atoms with Crippen LogP contribution in [0.4, 0.5) is 5.69 Å². The van der Waals surface area contributed by atoms with Crippen molar-refractivity contribution in [3.63, 3.8) is 0 Å². The van der Waals surface area contributed by atoms with E-state index in [0.29, 0.717) is 5.92 Å². The van der Waals surface area contributed by atoms with Crippen LogP contribution in [-0.2, 0) is 4.79 Å². The summed E-state index contributed by atoms with van der Waals surface area (Å²) in [5.74, 6) is 0.546. The molecule has 0 spiro atoms. The van der Waals surface area contributed by atoms with Gasteiger partial charge < -0.3 is 5.32 Å². The van der Waals surface area contributed by atoms with Gasteiger partial charge in [0, 0.05) is 5.69 Å². The second-order valence-electron chi connectivity index (χ2n) is 4.26. The molecular formula is C14H21NOS. The van der Waals surface area contributed by atoms with Crippen LogP contribution in [0.2, 0.25) is 0 Å². The molecule has 1 N–H and O–H groups in total. The molecule has 0 aliphatic heterocycles. The summed E-state index contributed by atoms with van der Waals surface area (Å²) in [5, 5.41) is 3.00. The van der Waals surface area contributed by atoms with Gasteiger partial charge in [-0.05, 0) is 37.1 Å². The first-order chi connectivity index (χ1) is 8.10. The van der Waals surface area contributed by atoms with Crippen molar-refractivity contribution in [1.82, 2.24) is 0 Å². The number of nitrogens with one attached hydrogen (secondary N) is 1. The molecule has 0 unspecified atom stereocenters. The molecule has 17 heavy (non-hydrogen) atoms. The highest BCUT2D eigenvalue weighted by molar-refractivity contribution is 7.99. The number of thioether (sulfide) groups is 1. The summed E-state index contributed by atoms with van der Waals surface area (Å²) < 4.78 is 0. The van der Waals surface area contributed by atoms with Gasteiger partial charge in [-0.1, -0.05) is 32.0 Å². The standard InChI is InChI=1S/C14H21NOS/c1-5-10(2)12-8-6-7-9-13(12)15-14(16)11(3)17-4/h6-11H,5H2,1-4H3,(H,15,16)/t10-,11-/m0/s1. The maximum Gasteiger partial charge on any atom is 0.237 e. The van der Waals surface area contributed by atoms with E-state index in [2.05, 4.69) is 25.2 Å². The number of amides is 1. The monoisotopic (exact) mass is 251 g/mol. The van der Waals surface area contributed by atoms with Gasteiger partial charge in [-0.2, -0.15) is 11.8 Å². The lowest BCUT2D eigenvalue weighted by molar-refractivity contribution is -0.115. The number of carbonyl (C=O) groups excluding carboxylic acids is 1. The van der Waals surface area contributed by atoms with Crippen LogP contribution >= 0.6 is 11.8 Å². The molecule has 0 saturated heterocycles. The fourth-order valence-corrected chi connectivity index (χ4v) is 1.87. The van der Waals surface area contributed by atoms with E-state index in [1.54, 1.807) is 11.8 Å². The van der Waals surface area contributed by atoms with Crippen molar-refractivity contribution >= 4 is 23.4 Å². The fraction of sp³-hybridized carbons (Fsp3) is 0.500. The topological polar surface area (TPSA) is 29.1 Å². The lowest BCUT2D eigenvalue weighted by atomic mass is 9.97. The summed E-state index contributed by atoms with van der Waals surface area (Å²) >= 11 is 1.56. The molecule has 1 rings (SSSR count). The summed E-state index contributed by atoms with van der Waals surface area (Å²) in [5.41, 5.74) is 2.17. The van der Waals surface area contributed by atoms with Gasteiger partial charge in [0.1, 0.15) is 0 Å². The Morgan fingerprint density at radius 1 is 1.35 bits per heavy atom. The van der Waals surface area contributed by atoms with E-state index < -0.39 is 0 Å². The third-order valence-electron chi connectivity index (χ3n) is 3.08. The molecule has 0 aliphatic carbocycles. The first-order valence-corrected chi connectivity index (χ1v) is 7.31. The smallest absolute Gasteiger partial charge is 0.237 e. The fourth-order valence-electron chi connectivity index (χ4n) is 1.60. The van der Waals surface area contributed by atoms with Crippen LogP contribution in [0.3, 0.4) is 0 Å². The molecule has 1 amide bonds. The molecular weight excluding hydrogens is 230 g/mol. The van der Waals surface area contributed by atoms with E-state index in [9.17, 15) is 4.79 Å². The molecule has 3 heteroatoms. The maximum absolute atomic E-state index is 11.9. The number of rotatable bonds is 5. The van der Waals surface area contributed by atoms with Gasteiger partial charge in [0.2, 0.25) is 5.91 Å². The average Bonchev–Trinajstić information content (AvgIpc) is 2.37. The highest BCUT2D eigenvalue weighted by atomic mass is 32.2. The maximum atomic E-state index is 11.9. The van der Waals surface area contributed by atoms with Gasteiger partial charge in [-0.25, -0.2) is 0 Å². The average molecular weight is 251 g/mol. The van der Waals surface area contributed by atoms with Crippen molar-refractivity contribution < 1.29 is 4.79 Å². The summed E-state index contributed by atoms with van der Waals surface area (Å²) in [7, 11) is 0. The van der Waals surface area contributed by atoms with E-state index >= 15 is 0 Å². The zero-order valence-corrected chi connectivity index (χ0v) is 11.8. The Balaban J connectivity index is 2.87. The van der Waals surface area contributed by atoms with Crippen LogP contribution in [0, 0.1) is 0 Å². The first-order valence-electron chi connectivity index (χ1n) is 6.02. The number of para-hydroxylation sites is 1. The van der Waals surface area contributed by atoms with E-state index in [1.807, 2.05) is 31.4 Å². The Hall–Kier alpha value is -0.960. The van der Waals surface area contributed by atoms with Gasteiger partial charge >= 0.3 is 0 Å². The minimum Gasteiger partial charge on any atom is -0.325 e. The molecule has 0 bridgehead atoms. The number of benzene rings is 1. The van der Waals surface area contributed by atoms with Gasteiger partial charge in [0.05, 0.1) is 5.25 Å². The lowest BCUT2D eigenvalue weighted by Crippen LogP contribution is -2.23. The molecule has 0 aliphatic rings. The van der Waals surface area contributed by atoms with Crippen molar-refractivity contribution in [3.05, 3.63) is 29.8 Å². The van der Waals surface area contributed by atoms with Crippen molar-refractivity contribution in [2.24, 2.45) is 0 Å². The molecule has 2 atom stereocenters. The second-order valence-corrected chi connectivity index (χ2v) is 5.44. The van der Waals surface area contributed by atoms with Crippen molar-refractivity contribution in [3.8, 4) is 0 Å². The Bertz CT molecular complexity index is 378. The Morgan fingerprint density at radius 3 is 2.59 bits per heavy atom. The predicted molar refractivity (Wildman–Crippen MR) is 76.8 cm³/mol. The predicted octanol–water partition coefficient (Wildman–Crippen LogP) is 3.89. The van der Waals surface area contributed by atoms with Crippen molar-refractivity contribution in [1.29, 1.82) is 0 Å². The summed E-state index contributed by atoms with van der Waals surface area (Å²) in [4.78, 5) is 11.9. The van der Waals surface area contributed by atoms with Crippen LogP contribution < -0.4 is 5.32 Å². The third-order valence-corrected chi connectivity index (χ3v) is 4.01. The molecule has 0 saturated carbocycles. The lowest BCUT2D eigenvalue weighted by Gasteiger charge is -2.17. The molecule has 2 nitrogen and oxygen atoms in total.